The predicted octanol–water partition coefficient (Wildman–Crippen LogP) is 5.01. The zero-order valence-corrected chi connectivity index (χ0v) is 33.1. The summed E-state index contributed by atoms with van der Waals surface area (Å²) < 4.78 is 15.9. The normalized spacial score (nSPS) is 19.3. The molecule has 14 heteroatoms. The first-order valence-electron chi connectivity index (χ1n) is 18.7. The van der Waals surface area contributed by atoms with Gasteiger partial charge >= 0.3 is 0 Å². The van der Waals surface area contributed by atoms with Crippen molar-refractivity contribution in [3.63, 3.8) is 0 Å². The maximum Gasteiger partial charge on any atom is 0.234 e. The second-order valence-electron chi connectivity index (χ2n) is 14.3. The number of hydrogen-bond acceptors (Lipinski definition) is 10. The number of carbonyl (C=O) groups excluding carboxylic acids is 2. The number of rotatable bonds is 6. The molecule has 0 N–H and O–H groups in total. The van der Waals surface area contributed by atoms with Gasteiger partial charge in [0, 0.05) is 75.9 Å². The van der Waals surface area contributed by atoms with Crippen LogP contribution >= 0.6 is 24.4 Å². The number of morpholine rings is 2. The fourth-order valence-electron chi connectivity index (χ4n) is 7.71. The highest BCUT2D eigenvalue weighted by Crippen LogP contribution is 2.33. The molecule has 4 aliphatic heterocycles. The predicted molar refractivity (Wildman–Crippen MR) is 216 cm³/mol. The van der Waals surface area contributed by atoms with E-state index in [2.05, 4.69) is 35.8 Å². The second kappa shape index (κ2) is 16.5. The van der Waals surface area contributed by atoms with Crippen molar-refractivity contribution in [2.75, 3.05) is 72.2 Å². The molecule has 2 aromatic carbocycles. The van der Waals surface area contributed by atoms with Crippen LogP contribution < -0.4 is 19.6 Å². The molecule has 4 aromatic rings. The Morgan fingerprint density at radius 1 is 0.648 bits per heavy atom. The Kier molecular flexibility index (Phi) is 11.5. The van der Waals surface area contributed by atoms with Crippen LogP contribution in [0.4, 0.5) is 23.0 Å². The van der Waals surface area contributed by atoms with E-state index in [1.807, 2.05) is 81.6 Å². The van der Waals surface area contributed by atoms with Crippen molar-refractivity contribution in [3.8, 4) is 0 Å². The van der Waals surface area contributed by atoms with Gasteiger partial charge in [0.2, 0.25) is 11.8 Å². The van der Waals surface area contributed by atoms with E-state index >= 15 is 0 Å². The number of ether oxygens (including phenoxy) is 2. The number of benzene rings is 2. The summed E-state index contributed by atoms with van der Waals surface area (Å²) in [7, 11) is 3.75. The first-order chi connectivity index (χ1) is 26.1. The molecule has 12 nitrogen and oxygen atoms in total. The SMILES string of the molecule is C[C@@H]1Cc2ccccc2N1C(=O)Cc1nc(N2CCOCC2)cc(=S)n1C.C[C@H]1Cc2ccccc2N1C(=O)Cc1nc(N2CCOCC2)cc(=S)n1C. The zero-order valence-electron chi connectivity index (χ0n) is 31.4. The Morgan fingerprint density at radius 3 is 1.41 bits per heavy atom. The van der Waals surface area contributed by atoms with E-state index in [4.69, 9.17) is 43.9 Å². The average molecular weight is 769 g/mol. The average Bonchev–Trinajstić information content (AvgIpc) is 3.71. The lowest BCUT2D eigenvalue weighted by atomic mass is 10.1. The van der Waals surface area contributed by atoms with Crippen LogP contribution in [0.5, 0.6) is 0 Å². The number of amides is 2. The summed E-state index contributed by atoms with van der Waals surface area (Å²) in [4.78, 5) is 44.0. The molecular weight excluding hydrogens is 721 g/mol. The molecule has 2 aromatic heterocycles. The molecule has 284 valence electrons. The van der Waals surface area contributed by atoms with Crippen LogP contribution in [-0.2, 0) is 58.8 Å². The van der Waals surface area contributed by atoms with Crippen molar-refractivity contribution >= 4 is 59.3 Å². The van der Waals surface area contributed by atoms with Crippen molar-refractivity contribution in [3.05, 3.63) is 92.7 Å². The molecule has 0 saturated carbocycles. The number of carbonyl (C=O) groups is 2. The topological polar surface area (TPSA) is 101 Å². The fraction of sp³-hybridized carbons (Fsp3) is 0.450. The lowest BCUT2D eigenvalue weighted by molar-refractivity contribution is -0.119. The molecule has 2 saturated heterocycles. The first-order valence-corrected chi connectivity index (χ1v) is 19.5. The van der Waals surface area contributed by atoms with Crippen molar-refractivity contribution in [2.24, 2.45) is 14.1 Å². The van der Waals surface area contributed by atoms with Gasteiger partial charge in [0.25, 0.3) is 0 Å². The molecule has 54 heavy (non-hydrogen) atoms. The van der Waals surface area contributed by atoms with Crippen molar-refractivity contribution in [2.45, 2.75) is 51.6 Å². The molecule has 0 spiro atoms. The van der Waals surface area contributed by atoms with Gasteiger partial charge < -0.3 is 38.2 Å². The first kappa shape index (κ1) is 37.8. The number of fused-ring (bicyclic) bond motifs is 2. The molecule has 0 bridgehead atoms. The highest BCUT2D eigenvalue weighted by atomic mass is 32.1. The second-order valence-corrected chi connectivity index (χ2v) is 15.1. The number of para-hydroxylation sites is 2. The van der Waals surface area contributed by atoms with E-state index in [0.29, 0.717) is 47.4 Å². The van der Waals surface area contributed by atoms with Gasteiger partial charge in [-0.05, 0) is 49.9 Å². The van der Waals surface area contributed by atoms with Crippen LogP contribution in [0.3, 0.4) is 0 Å². The van der Waals surface area contributed by atoms with Crippen LogP contribution in [0.2, 0.25) is 0 Å². The van der Waals surface area contributed by atoms with Crippen LogP contribution in [-0.4, -0.2) is 95.6 Å². The minimum atomic E-state index is 0.0593. The van der Waals surface area contributed by atoms with Crippen LogP contribution in [0.1, 0.15) is 36.6 Å². The quantitative estimate of drug-likeness (QED) is 0.249. The maximum atomic E-state index is 13.1. The Balaban J connectivity index is 0.000000167. The molecule has 2 amide bonds. The molecule has 6 heterocycles. The van der Waals surface area contributed by atoms with Crippen molar-refractivity contribution in [1.82, 2.24) is 19.1 Å². The third kappa shape index (κ3) is 7.97. The minimum Gasteiger partial charge on any atom is -0.378 e. The Hall–Kier alpha value is -4.50. The van der Waals surface area contributed by atoms with E-state index in [1.165, 1.54) is 11.1 Å². The van der Waals surface area contributed by atoms with E-state index in [0.717, 1.165) is 62.0 Å². The molecule has 0 aliphatic carbocycles. The van der Waals surface area contributed by atoms with Gasteiger partial charge in [-0.1, -0.05) is 60.8 Å². The lowest BCUT2D eigenvalue weighted by Crippen LogP contribution is -2.38. The van der Waals surface area contributed by atoms with E-state index in [9.17, 15) is 9.59 Å². The standard InChI is InChI=1S/2C20H24N4O2S/c2*1-14-11-15-5-3-4-6-16(15)24(14)19(25)12-17-21-18(13-20(27)22(17)2)23-7-9-26-10-8-23/h2*3-6,13-14H,7-12H2,1-2H3/t2*14-/m10/s1. The molecular formula is C40H48N8O4S2. The summed E-state index contributed by atoms with van der Waals surface area (Å²) in [6.07, 6.45) is 2.25. The van der Waals surface area contributed by atoms with Gasteiger partial charge in [0.05, 0.1) is 39.3 Å². The minimum absolute atomic E-state index is 0.0593. The van der Waals surface area contributed by atoms with E-state index in [1.54, 1.807) is 0 Å². The van der Waals surface area contributed by atoms with Gasteiger partial charge in [-0.2, -0.15) is 0 Å². The van der Waals surface area contributed by atoms with Gasteiger partial charge in [-0.15, -0.1) is 0 Å². The number of nitrogens with zero attached hydrogens (tertiary/aromatic N) is 8. The van der Waals surface area contributed by atoms with Crippen molar-refractivity contribution in [1.29, 1.82) is 0 Å². The summed E-state index contributed by atoms with van der Waals surface area (Å²) in [5, 5.41) is 0. The van der Waals surface area contributed by atoms with Gasteiger partial charge in [-0.3, -0.25) is 9.59 Å². The monoisotopic (exact) mass is 768 g/mol. The maximum absolute atomic E-state index is 13.1. The summed E-state index contributed by atoms with van der Waals surface area (Å²) in [5.41, 5.74) is 4.48. The molecule has 0 unspecified atom stereocenters. The summed E-state index contributed by atoms with van der Waals surface area (Å²) >= 11 is 11.0. The van der Waals surface area contributed by atoms with Gasteiger partial charge in [0.1, 0.15) is 32.6 Å². The molecule has 2 atom stereocenters. The Bertz CT molecular complexity index is 1990. The summed E-state index contributed by atoms with van der Waals surface area (Å²) in [6.45, 7) is 10.1. The number of anilines is 4. The summed E-state index contributed by atoms with van der Waals surface area (Å²) in [5.74, 6) is 3.18. The largest absolute Gasteiger partial charge is 0.378 e. The van der Waals surface area contributed by atoms with Crippen LogP contribution in [0.15, 0.2) is 60.7 Å². The van der Waals surface area contributed by atoms with E-state index in [-0.39, 0.29) is 36.7 Å². The smallest absolute Gasteiger partial charge is 0.234 e. The lowest BCUT2D eigenvalue weighted by Gasteiger charge is -2.28. The molecule has 8 rings (SSSR count). The fourth-order valence-corrected chi connectivity index (χ4v) is 8.13. The highest BCUT2D eigenvalue weighted by molar-refractivity contribution is 7.71. The van der Waals surface area contributed by atoms with Crippen LogP contribution in [0, 0.1) is 9.28 Å². The Labute approximate surface area is 326 Å². The van der Waals surface area contributed by atoms with Gasteiger partial charge in [0.15, 0.2) is 0 Å². The number of aromatic nitrogens is 4. The zero-order chi connectivity index (χ0) is 37.9. The third-order valence-electron chi connectivity index (χ3n) is 10.7. The van der Waals surface area contributed by atoms with Crippen LogP contribution in [0.25, 0.3) is 0 Å². The molecule has 0 radical (unpaired) electrons. The molecule has 4 aliphatic rings. The van der Waals surface area contributed by atoms with Gasteiger partial charge in [-0.25, -0.2) is 9.97 Å². The summed E-state index contributed by atoms with van der Waals surface area (Å²) in [6, 6.07) is 20.4. The third-order valence-corrected chi connectivity index (χ3v) is 11.5. The Morgan fingerprint density at radius 2 is 1.02 bits per heavy atom. The van der Waals surface area contributed by atoms with E-state index < -0.39 is 0 Å². The van der Waals surface area contributed by atoms with Crippen molar-refractivity contribution < 1.29 is 19.1 Å². The highest BCUT2D eigenvalue weighted by Gasteiger charge is 2.32. The molecule has 2 fully saturated rings. The number of hydrogen-bond donors (Lipinski definition) is 0.